The summed E-state index contributed by atoms with van der Waals surface area (Å²) >= 11 is 0. The van der Waals surface area contributed by atoms with E-state index < -0.39 is 11.2 Å². The minimum Gasteiger partial charge on any atom is -0.383 e. The number of anilines is 2. The number of aromatic nitrogens is 2. The topological polar surface area (TPSA) is 101 Å². The van der Waals surface area contributed by atoms with Crippen LogP contribution in [0.3, 0.4) is 0 Å². The van der Waals surface area contributed by atoms with E-state index in [1.165, 1.54) is 9.47 Å². The van der Waals surface area contributed by atoms with Gasteiger partial charge in [0, 0.05) is 12.5 Å². The number of hydrogen-bond donors (Lipinski definition) is 2. The first-order valence-electron chi connectivity index (χ1n) is 9.38. The monoisotopic (exact) mass is 372 g/mol. The molecule has 2 aromatic rings. The number of amides is 1. The van der Waals surface area contributed by atoms with Crippen LogP contribution in [0, 0.1) is 5.92 Å². The summed E-state index contributed by atoms with van der Waals surface area (Å²) in [7, 11) is 0. The molecule has 1 aromatic carbocycles. The van der Waals surface area contributed by atoms with Gasteiger partial charge in [-0.3, -0.25) is 24.0 Å². The first kappa shape index (κ1) is 20.5. The largest absolute Gasteiger partial charge is 0.383 e. The standard InChI is InChI=1S/C20H28N4O3/c1-4-6-12-23-17(21)16(18(25)22-20(23)27)24(19(26)14(3)5-2)13-15-10-8-7-9-11-15/h7-11,14H,4-6,12-13,21H2,1-3H3,(H,22,25,27). The van der Waals surface area contributed by atoms with Gasteiger partial charge in [-0.1, -0.05) is 57.5 Å². The lowest BCUT2D eigenvalue weighted by atomic mass is 10.1. The summed E-state index contributed by atoms with van der Waals surface area (Å²) in [5.41, 5.74) is 5.93. The summed E-state index contributed by atoms with van der Waals surface area (Å²) < 4.78 is 1.34. The van der Waals surface area contributed by atoms with E-state index in [1.807, 2.05) is 51.1 Å². The molecule has 0 spiro atoms. The van der Waals surface area contributed by atoms with Crippen molar-refractivity contribution in [3.63, 3.8) is 0 Å². The van der Waals surface area contributed by atoms with Gasteiger partial charge in [0.15, 0.2) is 5.69 Å². The van der Waals surface area contributed by atoms with E-state index in [0.717, 1.165) is 18.4 Å². The summed E-state index contributed by atoms with van der Waals surface area (Å²) in [6.45, 7) is 6.34. The highest BCUT2D eigenvalue weighted by Crippen LogP contribution is 2.22. The number of H-pyrrole nitrogens is 1. The summed E-state index contributed by atoms with van der Waals surface area (Å²) in [5.74, 6) is -0.437. The molecule has 0 bridgehead atoms. The van der Waals surface area contributed by atoms with E-state index >= 15 is 0 Å². The van der Waals surface area contributed by atoms with Gasteiger partial charge in [-0.25, -0.2) is 4.79 Å². The van der Waals surface area contributed by atoms with Gasteiger partial charge in [-0.05, 0) is 18.4 Å². The molecule has 7 heteroatoms. The molecule has 1 unspecified atom stereocenters. The second kappa shape index (κ2) is 9.21. The lowest BCUT2D eigenvalue weighted by Gasteiger charge is -2.27. The summed E-state index contributed by atoms with van der Waals surface area (Å²) in [6.07, 6.45) is 2.25. The minimum absolute atomic E-state index is 0.0322. The van der Waals surface area contributed by atoms with Gasteiger partial charge in [-0.2, -0.15) is 0 Å². The number of unbranched alkanes of at least 4 members (excludes halogenated alkanes) is 1. The number of rotatable bonds is 8. The number of carbonyl (C=O) groups excluding carboxylic acids is 1. The highest BCUT2D eigenvalue weighted by atomic mass is 16.2. The lowest BCUT2D eigenvalue weighted by Crippen LogP contribution is -2.42. The Kier molecular flexibility index (Phi) is 6.98. The first-order chi connectivity index (χ1) is 12.9. The van der Waals surface area contributed by atoms with E-state index in [-0.39, 0.29) is 29.9 Å². The van der Waals surface area contributed by atoms with E-state index in [4.69, 9.17) is 5.73 Å². The molecular weight excluding hydrogens is 344 g/mol. The van der Waals surface area contributed by atoms with Gasteiger partial charge in [0.05, 0.1) is 6.54 Å². The molecule has 0 saturated heterocycles. The Morgan fingerprint density at radius 1 is 1.22 bits per heavy atom. The third kappa shape index (κ3) is 4.67. The van der Waals surface area contributed by atoms with Crippen LogP contribution in [0.1, 0.15) is 45.6 Å². The van der Waals surface area contributed by atoms with Crippen molar-refractivity contribution < 1.29 is 4.79 Å². The quantitative estimate of drug-likeness (QED) is 0.743. The molecule has 7 nitrogen and oxygen atoms in total. The number of carbonyl (C=O) groups is 1. The number of hydrogen-bond acceptors (Lipinski definition) is 4. The van der Waals surface area contributed by atoms with Crippen molar-refractivity contribution in [2.75, 3.05) is 10.6 Å². The van der Waals surface area contributed by atoms with Crippen LogP contribution in [0.2, 0.25) is 0 Å². The molecular formula is C20H28N4O3. The summed E-state index contributed by atoms with van der Waals surface area (Å²) in [5, 5.41) is 0. The van der Waals surface area contributed by atoms with Crippen molar-refractivity contribution in [2.45, 2.75) is 53.1 Å². The van der Waals surface area contributed by atoms with Crippen molar-refractivity contribution in [3.8, 4) is 0 Å². The number of aromatic amines is 1. The molecule has 1 amide bonds. The molecule has 0 aliphatic heterocycles. The van der Waals surface area contributed by atoms with Crippen LogP contribution in [-0.4, -0.2) is 15.5 Å². The lowest BCUT2D eigenvalue weighted by molar-refractivity contribution is -0.122. The Bertz CT molecular complexity index is 886. The number of nitrogens with zero attached hydrogens (tertiary/aromatic N) is 2. The second-order valence-corrected chi connectivity index (χ2v) is 6.72. The average molecular weight is 372 g/mol. The van der Waals surface area contributed by atoms with Gasteiger partial charge in [-0.15, -0.1) is 0 Å². The molecule has 1 heterocycles. The second-order valence-electron chi connectivity index (χ2n) is 6.72. The molecule has 1 atom stereocenters. The average Bonchev–Trinajstić information content (AvgIpc) is 2.66. The fourth-order valence-electron chi connectivity index (χ4n) is 2.85. The summed E-state index contributed by atoms with van der Waals surface area (Å²) in [4.78, 5) is 41.5. The minimum atomic E-state index is -0.641. The highest BCUT2D eigenvalue weighted by molar-refractivity contribution is 5.96. The van der Waals surface area contributed by atoms with Crippen molar-refractivity contribution >= 4 is 17.4 Å². The molecule has 2 rings (SSSR count). The molecule has 0 aliphatic rings. The normalized spacial score (nSPS) is 12.0. The smallest absolute Gasteiger partial charge is 0.330 e. The van der Waals surface area contributed by atoms with E-state index in [0.29, 0.717) is 13.0 Å². The fraction of sp³-hybridized carbons (Fsp3) is 0.450. The molecule has 1 aromatic heterocycles. The van der Waals surface area contributed by atoms with Crippen molar-refractivity contribution in [3.05, 3.63) is 56.7 Å². The molecule has 0 aliphatic carbocycles. The van der Waals surface area contributed by atoms with Crippen LogP contribution in [0.4, 0.5) is 11.5 Å². The van der Waals surface area contributed by atoms with Crippen LogP contribution < -0.4 is 21.9 Å². The van der Waals surface area contributed by atoms with Crippen LogP contribution in [0.25, 0.3) is 0 Å². The van der Waals surface area contributed by atoms with Crippen molar-refractivity contribution in [1.82, 2.24) is 9.55 Å². The van der Waals surface area contributed by atoms with Gasteiger partial charge >= 0.3 is 5.69 Å². The third-order valence-corrected chi connectivity index (χ3v) is 4.70. The Morgan fingerprint density at radius 3 is 2.48 bits per heavy atom. The Hall–Kier alpha value is -2.83. The van der Waals surface area contributed by atoms with E-state index in [2.05, 4.69) is 4.98 Å². The number of nitrogens with one attached hydrogen (secondary N) is 1. The summed E-state index contributed by atoms with van der Waals surface area (Å²) in [6, 6.07) is 9.40. The van der Waals surface area contributed by atoms with E-state index in [9.17, 15) is 14.4 Å². The number of benzene rings is 1. The molecule has 27 heavy (non-hydrogen) atoms. The third-order valence-electron chi connectivity index (χ3n) is 4.70. The maximum Gasteiger partial charge on any atom is 0.330 e. The fourth-order valence-corrected chi connectivity index (χ4v) is 2.85. The predicted molar refractivity (Wildman–Crippen MR) is 108 cm³/mol. The van der Waals surface area contributed by atoms with Crippen LogP contribution in [0.5, 0.6) is 0 Å². The Balaban J connectivity index is 2.59. The van der Waals surface area contributed by atoms with Crippen molar-refractivity contribution in [1.29, 1.82) is 0 Å². The van der Waals surface area contributed by atoms with E-state index in [1.54, 1.807) is 0 Å². The maximum absolute atomic E-state index is 13.0. The molecule has 3 N–H and O–H groups in total. The predicted octanol–water partition coefficient (Wildman–Crippen LogP) is 2.50. The van der Waals surface area contributed by atoms with Gasteiger partial charge in [0.25, 0.3) is 5.56 Å². The van der Waals surface area contributed by atoms with Gasteiger partial charge in [0.1, 0.15) is 5.82 Å². The maximum atomic E-state index is 13.0. The Morgan fingerprint density at radius 2 is 1.89 bits per heavy atom. The molecule has 0 radical (unpaired) electrons. The zero-order valence-corrected chi connectivity index (χ0v) is 16.2. The van der Waals surface area contributed by atoms with Crippen molar-refractivity contribution in [2.24, 2.45) is 5.92 Å². The highest BCUT2D eigenvalue weighted by Gasteiger charge is 2.27. The molecule has 146 valence electrons. The van der Waals surface area contributed by atoms with Gasteiger partial charge < -0.3 is 5.73 Å². The Labute approximate surface area is 158 Å². The first-order valence-corrected chi connectivity index (χ1v) is 9.38. The SMILES string of the molecule is CCCCn1c(N)c(N(Cc2ccccc2)C(=O)C(C)CC)c(=O)[nH]c1=O. The zero-order chi connectivity index (χ0) is 20.0. The molecule has 0 fully saturated rings. The van der Waals surface area contributed by atoms with Crippen LogP contribution >= 0.6 is 0 Å². The molecule has 0 saturated carbocycles. The zero-order valence-electron chi connectivity index (χ0n) is 16.2. The van der Waals surface area contributed by atoms with Crippen LogP contribution in [-0.2, 0) is 17.9 Å². The number of nitrogens with two attached hydrogens (primary N) is 1. The van der Waals surface area contributed by atoms with Gasteiger partial charge in [0.2, 0.25) is 5.91 Å². The number of nitrogen functional groups attached to an aromatic ring is 1. The van der Waals surface area contributed by atoms with Crippen LogP contribution in [0.15, 0.2) is 39.9 Å².